The van der Waals surface area contributed by atoms with Crippen molar-refractivity contribution in [3.8, 4) is 11.8 Å². The minimum Gasteiger partial charge on any atom is -0.103 e. The van der Waals surface area contributed by atoms with E-state index in [1.54, 1.807) is 0 Å². The quantitative estimate of drug-likeness (QED) is 0.493. The molecule has 13 heavy (non-hydrogen) atoms. The zero-order valence-corrected chi connectivity index (χ0v) is 8.52. The minimum absolute atomic E-state index is 0.805. The molecule has 2 aliphatic carbocycles. The molecule has 0 aromatic carbocycles. The summed E-state index contributed by atoms with van der Waals surface area (Å²) in [6, 6.07) is 0. The van der Waals surface area contributed by atoms with E-state index >= 15 is 0 Å². The van der Waals surface area contributed by atoms with Crippen molar-refractivity contribution in [3.05, 3.63) is 0 Å². The Balaban J connectivity index is 1.78. The third-order valence-electron chi connectivity index (χ3n) is 3.34. The summed E-state index contributed by atoms with van der Waals surface area (Å²) in [5, 5.41) is 0. The first kappa shape index (κ1) is 9.13. The number of hydrogen-bond acceptors (Lipinski definition) is 0. The molecule has 2 aliphatic rings. The van der Waals surface area contributed by atoms with Crippen LogP contribution in [0.3, 0.4) is 0 Å². The lowest BCUT2D eigenvalue weighted by molar-refractivity contribution is 0.555. The van der Waals surface area contributed by atoms with E-state index in [9.17, 15) is 0 Å². The fourth-order valence-corrected chi connectivity index (χ4v) is 2.27. The summed E-state index contributed by atoms with van der Waals surface area (Å²) in [4.78, 5) is 0. The Morgan fingerprint density at radius 2 is 1.62 bits per heavy atom. The Morgan fingerprint density at radius 3 is 2.54 bits per heavy atom. The zero-order valence-electron chi connectivity index (χ0n) is 8.52. The van der Waals surface area contributed by atoms with Crippen molar-refractivity contribution in [1.82, 2.24) is 0 Å². The molecular weight excluding hydrogens is 156 g/mol. The molecule has 0 heteroatoms. The molecule has 72 valence electrons. The summed E-state index contributed by atoms with van der Waals surface area (Å²) in [6.07, 6.45) is 12.6. The second-order valence-electron chi connectivity index (χ2n) is 4.58. The largest absolute Gasteiger partial charge is 0.103 e. The topological polar surface area (TPSA) is 0 Å². The van der Waals surface area contributed by atoms with E-state index in [2.05, 4.69) is 11.8 Å². The molecule has 0 radical (unpaired) electrons. The van der Waals surface area contributed by atoms with Crippen molar-refractivity contribution < 1.29 is 0 Å². The van der Waals surface area contributed by atoms with Crippen LogP contribution < -0.4 is 0 Å². The maximum Gasteiger partial charge on any atom is 0.0234 e. The van der Waals surface area contributed by atoms with Crippen LogP contribution >= 0.6 is 0 Å². The molecule has 0 spiro atoms. The Bertz CT molecular complexity index is 206. The van der Waals surface area contributed by atoms with Gasteiger partial charge in [0.05, 0.1) is 0 Å². The van der Waals surface area contributed by atoms with Crippen molar-refractivity contribution in [3.63, 3.8) is 0 Å². The van der Waals surface area contributed by atoms with E-state index in [-0.39, 0.29) is 0 Å². The summed E-state index contributed by atoms with van der Waals surface area (Å²) in [6.45, 7) is 0. The first-order valence-corrected chi connectivity index (χ1v) is 5.95. The van der Waals surface area contributed by atoms with Gasteiger partial charge in [0.25, 0.3) is 0 Å². The highest BCUT2D eigenvalue weighted by Crippen LogP contribution is 2.41. The fourth-order valence-electron chi connectivity index (χ4n) is 2.27. The van der Waals surface area contributed by atoms with E-state index < -0.39 is 0 Å². The van der Waals surface area contributed by atoms with Crippen LogP contribution in [0.2, 0.25) is 0 Å². The van der Waals surface area contributed by atoms with Crippen molar-refractivity contribution in [2.75, 3.05) is 0 Å². The highest BCUT2D eigenvalue weighted by Gasteiger charge is 2.34. The molecule has 0 amide bonds. The van der Waals surface area contributed by atoms with Gasteiger partial charge in [-0.15, -0.1) is 5.92 Å². The molecule has 2 atom stereocenters. The Kier molecular flexibility index (Phi) is 3.30. The van der Waals surface area contributed by atoms with Crippen LogP contribution in [0.1, 0.15) is 57.8 Å². The van der Waals surface area contributed by atoms with E-state index in [0.717, 1.165) is 18.3 Å². The second-order valence-corrected chi connectivity index (χ2v) is 4.58. The second kappa shape index (κ2) is 4.70. The third kappa shape index (κ3) is 3.07. The summed E-state index contributed by atoms with van der Waals surface area (Å²) in [5.41, 5.74) is 0. The summed E-state index contributed by atoms with van der Waals surface area (Å²) >= 11 is 0. The molecule has 1 saturated carbocycles. The molecule has 0 saturated heterocycles. The standard InChI is InChI=1S/C13H20/c1-2-4-6-8-10-13-11-12(13)9-7-5-3-1/h12-13H,1-7,9,11H2/t12-,13-/m1/s1. The predicted molar refractivity (Wildman–Crippen MR) is 56.3 cm³/mol. The molecule has 0 aromatic rings. The molecule has 0 aromatic heterocycles. The van der Waals surface area contributed by atoms with Gasteiger partial charge >= 0.3 is 0 Å². The molecule has 0 bridgehead atoms. The van der Waals surface area contributed by atoms with Gasteiger partial charge in [-0.2, -0.15) is 0 Å². The minimum atomic E-state index is 0.805. The molecule has 0 aliphatic heterocycles. The van der Waals surface area contributed by atoms with Crippen molar-refractivity contribution in [2.24, 2.45) is 11.8 Å². The first-order valence-electron chi connectivity index (χ1n) is 5.95. The molecule has 0 nitrogen and oxygen atoms in total. The van der Waals surface area contributed by atoms with E-state index in [4.69, 9.17) is 0 Å². The lowest BCUT2D eigenvalue weighted by Gasteiger charge is -2.01. The SMILES string of the molecule is C1#C[C@@H]2C[C@H]2CCCCCCCC1. The lowest BCUT2D eigenvalue weighted by Crippen LogP contribution is -1.85. The van der Waals surface area contributed by atoms with E-state index in [1.165, 1.54) is 51.4 Å². The van der Waals surface area contributed by atoms with Gasteiger partial charge in [0.1, 0.15) is 0 Å². The van der Waals surface area contributed by atoms with Gasteiger partial charge in [0, 0.05) is 12.3 Å². The van der Waals surface area contributed by atoms with Gasteiger partial charge in [-0.3, -0.25) is 0 Å². The third-order valence-corrected chi connectivity index (χ3v) is 3.34. The normalized spacial score (nSPS) is 34.5. The van der Waals surface area contributed by atoms with E-state index in [0.29, 0.717) is 0 Å². The van der Waals surface area contributed by atoms with Crippen LogP contribution in [0.25, 0.3) is 0 Å². The Morgan fingerprint density at radius 1 is 0.846 bits per heavy atom. The van der Waals surface area contributed by atoms with Crippen molar-refractivity contribution in [1.29, 1.82) is 0 Å². The maximum atomic E-state index is 3.42. The smallest absolute Gasteiger partial charge is 0.0234 e. The molecule has 2 rings (SSSR count). The monoisotopic (exact) mass is 176 g/mol. The van der Waals surface area contributed by atoms with Gasteiger partial charge in [-0.1, -0.05) is 38.0 Å². The van der Waals surface area contributed by atoms with Crippen LogP contribution in [0, 0.1) is 23.7 Å². The van der Waals surface area contributed by atoms with Gasteiger partial charge in [0.15, 0.2) is 0 Å². The van der Waals surface area contributed by atoms with Gasteiger partial charge < -0.3 is 0 Å². The van der Waals surface area contributed by atoms with Crippen LogP contribution in [0.5, 0.6) is 0 Å². The summed E-state index contributed by atoms with van der Waals surface area (Å²) in [7, 11) is 0. The Hall–Kier alpha value is -0.440. The molecular formula is C13H20. The van der Waals surface area contributed by atoms with Gasteiger partial charge in [0.2, 0.25) is 0 Å². The fraction of sp³-hybridized carbons (Fsp3) is 0.846. The molecule has 0 unspecified atom stereocenters. The average molecular weight is 176 g/mol. The molecule has 0 heterocycles. The number of fused-ring (bicyclic) bond motifs is 1. The zero-order chi connectivity index (χ0) is 8.93. The average Bonchev–Trinajstić information content (AvgIpc) is 2.83. The lowest BCUT2D eigenvalue weighted by atomic mass is 10.0. The van der Waals surface area contributed by atoms with Crippen LogP contribution in [0.4, 0.5) is 0 Å². The predicted octanol–water partition coefficient (Wildman–Crippen LogP) is 3.76. The maximum absolute atomic E-state index is 3.42. The van der Waals surface area contributed by atoms with Crippen LogP contribution in [0.15, 0.2) is 0 Å². The van der Waals surface area contributed by atoms with Gasteiger partial charge in [-0.05, 0) is 25.2 Å². The van der Waals surface area contributed by atoms with Crippen molar-refractivity contribution >= 4 is 0 Å². The highest BCUT2D eigenvalue weighted by atomic mass is 14.4. The highest BCUT2D eigenvalue weighted by molar-refractivity contribution is 5.12. The van der Waals surface area contributed by atoms with Crippen LogP contribution in [-0.4, -0.2) is 0 Å². The first-order chi connectivity index (χ1) is 6.47. The van der Waals surface area contributed by atoms with E-state index in [1.807, 2.05) is 0 Å². The molecule has 1 fully saturated rings. The molecule has 0 N–H and O–H groups in total. The number of rotatable bonds is 0. The van der Waals surface area contributed by atoms with Crippen molar-refractivity contribution in [2.45, 2.75) is 57.8 Å². The summed E-state index contributed by atoms with van der Waals surface area (Å²) < 4.78 is 0. The Labute approximate surface area is 82.1 Å². The van der Waals surface area contributed by atoms with Crippen LogP contribution in [-0.2, 0) is 0 Å². The summed E-state index contributed by atoms with van der Waals surface area (Å²) in [5.74, 6) is 8.57. The number of hydrogen-bond donors (Lipinski definition) is 0. The van der Waals surface area contributed by atoms with Gasteiger partial charge in [-0.25, -0.2) is 0 Å².